The van der Waals surface area contributed by atoms with Crippen molar-refractivity contribution >= 4 is 35.1 Å². The fourth-order valence-electron chi connectivity index (χ4n) is 16.5. The number of carbonyl (C=O) groups is 6. The fourth-order valence-corrected chi connectivity index (χ4v) is 16.5. The number of nitrogens with one attached hydrogen (secondary N) is 1. The fraction of sp³-hybridized carbons (Fsp3) is 0.786. The van der Waals surface area contributed by atoms with E-state index in [0.29, 0.717) is 88.3 Å². The Morgan fingerprint density at radius 3 is 2.23 bits per heavy atom. The van der Waals surface area contributed by atoms with Crippen LogP contribution in [-0.2, 0) is 57.2 Å². The molecule has 2 unspecified atom stereocenters. The van der Waals surface area contributed by atoms with Crippen molar-refractivity contribution in [2.75, 3.05) is 54.2 Å². The van der Waals surface area contributed by atoms with Crippen LogP contribution < -0.4 is 5.32 Å². The average Bonchev–Trinajstić information content (AvgIpc) is 1.50. The van der Waals surface area contributed by atoms with E-state index in [-0.39, 0.29) is 91.6 Å². The maximum Gasteiger partial charge on any atom is 0.329 e. The van der Waals surface area contributed by atoms with Gasteiger partial charge in [-0.1, -0.05) is 71.1 Å². The molecule has 90 heavy (non-hydrogen) atoms. The van der Waals surface area contributed by atoms with Crippen molar-refractivity contribution in [2.45, 2.75) is 249 Å². The van der Waals surface area contributed by atoms with Crippen LogP contribution >= 0.6 is 0 Å². The number of aliphatic hydroxyl groups is 4. The lowest BCUT2D eigenvalue weighted by atomic mass is 9.51. The third kappa shape index (κ3) is 18.4. The normalized spacial score (nSPS) is 40.8. The van der Waals surface area contributed by atoms with E-state index < -0.39 is 83.4 Å². The number of hydrogen-bond acceptors (Lipinski definition) is 18. The van der Waals surface area contributed by atoms with Gasteiger partial charge in [-0.3, -0.25) is 24.0 Å². The van der Waals surface area contributed by atoms with Gasteiger partial charge in [0, 0.05) is 70.6 Å². The molecule has 9 rings (SSSR count). The molecule has 8 fully saturated rings. The third-order valence-electron chi connectivity index (χ3n) is 21.2. The molecule has 5 saturated carbocycles. The van der Waals surface area contributed by atoms with Gasteiger partial charge in [0.25, 0.3) is 11.7 Å². The SMILES string of the molecule is CO[C@H]1C[C@@H]2CC[C@@H](C)[C@@](O)(O2)C(=O)C(=O)N2CCCC[C@H]2C(=O)O[C@H]([C@H](C)C[C@@H]2CC[C@@H](OCCO)[C@H](OC)C2)CC(=O)[C@H](C)/C=C(\C)[C@@H](O)[C@@H](OC)C(=O)[C@H](C)C[C@H](C)/C=C/C=C/C=C/1C.N#C[C@@H]1CCCN1C(=O)CNC12C[C@@H]3C[C@@H](CC(O)(C3)C1)C2. The first-order chi connectivity index (χ1) is 42.8. The molecule has 20 heteroatoms. The van der Waals surface area contributed by atoms with Crippen LogP contribution in [0.25, 0.3) is 0 Å². The minimum atomic E-state index is -2.43. The number of ketones is 3. The van der Waals surface area contributed by atoms with Crippen LogP contribution in [-0.4, -0.2) is 191 Å². The lowest BCUT2D eigenvalue weighted by Gasteiger charge is -2.60. The van der Waals surface area contributed by atoms with Gasteiger partial charge in [-0.15, -0.1) is 0 Å². The van der Waals surface area contributed by atoms with Crippen molar-refractivity contribution < 1.29 is 77.6 Å². The van der Waals surface area contributed by atoms with Gasteiger partial charge < -0.3 is 64.0 Å². The largest absolute Gasteiger partial charge is 0.460 e. The monoisotopic (exact) mass is 1260 g/mol. The number of esters is 1. The maximum atomic E-state index is 14.5. The number of ether oxygens (including phenoxy) is 6. The molecule has 9 aliphatic rings. The van der Waals surface area contributed by atoms with Gasteiger partial charge >= 0.3 is 5.97 Å². The number of carbonyl (C=O) groups excluding carboxylic acids is 6. The van der Waals surface area contributed by atoms with Crippen LogP contribution in [0.1, 0.15) is 177 Å². The highest BCUT2D eigenvalue weighted by atomic mass is 16.6. The molecule has 4 heterocycles. The van der Waals surface area contributed by atoms with Crippen molar-refractivity contribution in [3.05, 3.63) is 47.6 Å². The van der Waals surface area contributed by atoms with Crippen molar-refractivity contribution in [3.8, 4) is 6.07 Å². The van der Waals surface area contributed by atoms with Gasteiger partial charge in [-0.2, -0.15) is 5.26 Å². The molecule has 0 aromatic carbocycles. The van der Waals surface area contributed by atoms with E-state index in [9.17, 15) is 49.2 Å². The number of rotatable bonds is 12. The standard InChI is InChI=1S/C53H83NO14.C17H25N3O2/c1-32-16-12-11-13-17-33(2)44(63-8)30-40-21-19-38(7)53(62,68-40)50(59)51(60)54-23-15-14-18-41(54)52(61)67-45(35(4)28-39-20-22-43(66-25-24-55)46(29-39)64-9)31-42(56)34(3)27-37(6)48(58)49(65-10)47(57)36(5)26-32;18-9-14-2-1-3-20(14)15(21)10-19-16-5-12-4-13(6-16)8-17(22,7-12)11-16/h11-13,16-17,27,32,34-36,38-41,43-46,48-49,55,58,62H,14-15,18-26,28-31H2,1-10H3;12-14,19,22H,1-8,10-11H2/b13-11+,16-12+,33-17+,37-27+;/t32-,34-,35-,36-,38-,39+,40+,41+,43-,44+,45+,46-,48-,49+,53-;12-,13+,14-,16?,17?/m10/s1. The van der Waals surface area contributed by atoms with E-state index in [1.807, 2.05) is 58.1 Å². The summed E-state index contributed by atoms with van der Waals surface area (Å²) in [4.78, 5) is 86.3. The van der Waals surface area contributed by atoms with E-state index in [0.717, 1.165) is 56.9 Å². The van der Waals surface area contributed by atoms with E-state index in [1.165, 1.54) is 18.4 Å². The second-order valence-corrected chi connectivity index (χ2v) is 28.3. The summed E-state index contributed by atoms with van der Waals surface area (Å²) in [6.07, 6.45) is 19.9. The average molecular weight is 1260 g/mol. The summed E-state index contributed by atoms with van der Waals surface area (Å²) in [6.45, 7) is 13.9. The number of Topliss-reactive ketones (excluding diaryl/α,β-unsaturated/α-hetero) is 3. The Labute approximate surface area is 534 Å². The number of nitriles is 1. The second-order valence-electron chi connectivity index (χ2n) is 28.3. The molecule has 5 aliphatic carbocycles. The lowest BCUT2D eigenvalue weighted by Crippen LogP contribution is -2.65. The molecule has 2 amide bonds. The summed E-state index contributed by atoms with van der Waals surface area (Å²) in [5, 5.41) is 56.2. The number of cyclic esters (lactones) is 1. The second kappa shape index (κ2) is 33.0. The van der Waals surface area contributed by atoms with E-state index >= 15 is 0 Å². The van der Waals surface area contributed by atoms with E-state index in [1.54, 1.807) is 46.0 Å². The van der Waals surface area contributed by atoms with Crippen LogP contribution in [0.5, 0.6) is 0 Å². The highest BCUT2D eigenvalue weighted by Gasteiger charge is 2.58. The van der Waals surface area contributed by atoms with Crippen molar-refractivity contribution in [3.63, 3.8) is 0 Å². The van der Waals surface area contributed by atoms with Gasteiger partial charge in [0.2, 0.25) is 11.7 Å². The van der Waals surface area contributed by atoms with Gasteiger partial charge in [-0.25, -0.2) is 4.79 Å². The van der Waals surface area contributed by atoms with Crippen LogP contribution in [0.3, 0.4) is 0 Å². The molecular formula is C70H108N4O16. The first kappa shape index (κ1) is 72.9. The molecular weight excluding hydrogens is 1150 g/mol. The number of methoxy groups -OCH3 is 3. The zero-order valence-corrected chi connectivity index (χ0v) is 55.5. The Morgan fingerprint density at radius 1 is 0.833 bits per heavy atom. The third-order valence-corrected chi connectivity index (χ3v) is 21.2. The van der Waals surface area contributed by atoms with Gasteiger partial charge in [0.15, 0.2) is 5.78 Å². The Bertz CT molecular complexity index is 2620. The number of nitrogens with zero attached hydrogens (tertiary/aromatic N) is 3. The number of fused-ring (bicyclic) bond motifs is 3. The van der Waals surface area contributed by atoms with Crippen molar-refractivity contribution in [2.24, 2.45) is 47.3 Å². The zero-order chi connectivity index (χ0) is 65.7. The number of allylic oxidation sites excluding steroid dienone is 6. The molecule has 20 atom stereocenters. The summed E-state index contributed by atoms with van der Waals surface area (Å²) < 4.78 is 35.6. The van der Waals surface area contributed by atoms with Crippen LogP contribution in [0.4, 0.5) is 0 Å². The highest BCUT2D eigenvalue weighted by Crippen LogP contribution is 2.57. The molecule has 3 saturated heterocycles. The number of hydrogen-bond donors (Lipinski definition) is 5. The summed E-state index contributed by atoms with van der Waals surface area (Å²) in [5.41, 5.74) is 0.722. The Kier molecular flexibility index (Phi) is 26.8. The van der Waals surface area contributed by atoms with Crippen LogP contribution in [0, 0.1) is 58.7 Å². The molecule has 0 spiro atoms. The van der Waals surface area contributed by atoms with E-state index in [2.05, 4.69) is 11.4 Å². The predicted molar refractivity (Wildman–Crippen MR) is 337 cm³/mol. The zero-order valence-electron chi connectivity index (χ0n) is 55.5. The first-order valence-corrected chi connectivity index (χ1v) is 33.7. The van der Waals surface area contributed by atoms with E-state index in [4.69, 9.17) is 33.7 Å². The first-order valence-electron chi connectivity index (χ1n) is 33.7. The highest BCUT2D eigenvalue weighted by molar-refractivity contribution is 6.39. The molecule has 504 valence electrons. The Hall–Kier alpha value is -4.53. The molecule has 20 nitrogen and oxygen atoms in total. The van der Waals surface area contributed by atoms with Gasteiger partial charge in [-0.05, 0) is 170 Å². The molecule has 5 N–H and O–H groups in total. The van der Waals surface area contributed by atoms with Gasteiger partial charge in [0.05, 0.1) is 55.8 Å². The Morgan fingerprint density at radius 2 is 1.57 bits per heavy atom. The maximum absolute atomic E-state index is 14.5. The summed E-state index contributed by atoms with van der Waals surface area (Å²) in [6, 6.07) is 0.846. The van der Waals surface area contributed by atoms with Crippen LogP contribution in [0.15, 0.2) is 47.6 Å². The quantitative estimate of drug-likeness (QED) is 0.0724. The van der Waals surface area contributed by atoms with Crippen LogP contribution in [0.2, 0.25) is 0 Å². The van der Waals surface area contributed by atoms with Crippen molar-refractivity contribution in [1.29, 1.82) is 5.26 Å². The van der Waals surface area contributed by atoms with Crippen molar-refractivity contribution in [1.82, 2.24) is 15.1 Å². The molecule has 4 aliphatic heterocycles. The Balaban J connectivity index is 0.000000431. The molecule has 0 aromatic rings. The molecule has 0 aromatic heterocycles. The number of likely N-dealkylation sites (tertiary alicyclic amines) is 1. The lowest BCUT2D eigenvalue weighted by molar-refractivity contribution is -0.265. The predicted octanol–water partition coefficient (Wildman–Crippen LogP) is 7.37. The topological polar surface area (TPSA) is 281 Å². The summed E-state index contributed by atoms with van der Waals surface area (Å²) >= 11 is 0. The smallest absolute Gasteiger partial charge is 0.329 e. The number of amides is 2. The number of piperidine rings is 1. The molecule has 6 bridgehead atoms. The summed E-state index contributed by atoms with van der Waals surface area (Å²) in [7, 11) is 4.58. The summed E-state index contributed by atoms with van der Waals surface area (Å²) in [5.74, 6) is -6.68. The minimum Gasteiger partial charge on any atom is -0.460 e. The minimum absolute atomic E-state index is 0.0158. The van der Waals surface area contributed by atoms with Gasteiger partial charge in [0.1, 0.15) is 36.2 Å². The number of aliphatic hydroxyl groups excluding tert-OH is 2. The molecule has 0 radical (unpaired) electrons.